The van der Waals surface area contributed by atoms with Gasteiger partial charge in [0.1, 0.15) is 5.52 Å². The van der Waals surface area contributed by atoms with Crippen LogP contribution in [0.5, 0.6) is 0 Å². The molecule has 0 aliphatic heterocycles. The van der Waals surface area contributed by atoms with Crippen LogP contribution in [0, 0.1) is 0 Å². The number of hydrogen-bond acceptors (Lipinski definition) is 3. The number of nitrogens with two attached hydrogens (primary N) is 1. The van der Waals surface area contributed by atoms with E-state index >= 15 is 0 Å². The van der Waals surface area contributed by atoms with E-state index in [9.17, 15) is 0 Å². The monoisotopic (exact) mass is 229 g/mol. The molecule has 2 aromatic heterocycles. The minimum atomic E-state index is 0.413. The third kappa shape index (κ3) is 1.22. The Hall–Kier alpha value is -1.87. The Labute approximate surface area is 96.9 Å². The smallest absolute Gasteiger partial charge is 0.150 e. The van der Waals surface area contributed by atoms with Crippen molar-refractivity contribution in [1.82, 2.24) is 9.97 Å². The van der Waals surface area contributed by atoms with Crippen LogP contribution < -0.4 is 5.73 Å². The van der Waals surface area contributed by atoms with Crippen LogP contribution in [0.15, 0.2) is 36.5 Å². The number of para-hydroxylation sites is 1. The molecule has 3 rings (SSSR count). The predicted octanol–water partition coefficient (Wildman–Crippen LogP) is 3.02. The van der Waals surface area contributed by atoms with Gasteiger partial charge in [0, 0.05) is 17.0 Å². The second kappa shape index (κ2) is 3.32. The maximum absolute atomic E-state index is 6.18. The molecule has 0 atom stereocenters. The zero-order valence-corrected chi connectivity index (χ0v) is 9.07. The van der Waals surface area contributed by atoms with Crippen LogP contribution in [0.1, 0.15) is 0 Å². The fraction of sp³-hybridized carbons (Fsp3) is 0. The van der Waals surface area contributed by atoms with Crippen molar-refractivity contribution in [3.05, 3.63) is 41.6 Å². The zero-order chi connectivity index (χ0) is 11.1. The minimum absolute atomic E-state index is 0.413. The number of pyridine rings is 2. The number of aromatic nitrogens is 2. The van der Waals surface area contributed by atoms with Crippen molar-refractivity contribution in [3.63, 3.8) is 0 Å². The highest BCUT2D eigenvalue weighted by Crippen LogP contribution is 2.31. The number of nitrogens with zero attached hydrogens (tertiary/aromatic N) is 2. The number of hydrogen-bond donors (Lipinski definition) is 1. The molecule has 0 aliphatic rings. The Kier molecular flexibility index (Phi) is 1.94. The first kappa shape index (κ1) is 9.36. The quantitative estimate of drug-likeness (QED) is 0.603. The van der Waals surface area contributed by atoms with E-state index in [1.807, 2.05) is 24.3 Å². The molecule has 78 valence electrons. The van der Waals surface area contributed by atoms with Crippen molar-refractivity contribution in [2.75, 3.05) is 5.73 Å². The molecule has 0 saturated carbocycles. The fourth-order valence-corrected chi connectivity index (χ4v) is 2.10. The van der Waals surface area contributed by atoms with Gasteiger partial charge in [-0.05, 0) is 12.1 Å². The molecule has 0 aliphatic carbocycles. The predicted molar refractivity (Wildman–Crippen MR) is 66.5 cm³/mol. The normalized spacial score (nSPS) is 11.1. The average molecular weight is 230 g/mol. The van der Waals surface area contributed by atoms with Crippen molar-refractivity contribution in [2.24, 2.45) is 0 Å². The molecule has 1 aromatic carbocycles. The Morgan fingerprint density at radius 1 is 1.12 bits per heavy atom. The van der Waals surface area contributed by atoms with E-state index in [0.717, 1.165) is 16.3 Å². The summed E-state index contributed by atoms with van der Waals surface area (Å²) < 4.78 is 0. The van der Waals surface area contributed by atoms with Crippen molar-refractivity contribution >= 4 is 39.2 Å². The number of benzene rings is 1. The van der Waals surface area contributed by atoms with Crippen LogP contribution in [0.3, 0.4) is 0 Å². The molecule has 2 N–H and O–H groups in total. The van der Waals surface area contributed by atoms with Gasteiger partial charge in [-0.1, -0.05) is 29.8 Å². The number of rotatable bonds is 0. The van der Waals surface area contributed by atoms with Gasteiger partial charge in [-0.3, -0.25) is 4.98 Å². The first-order valence-electron chi connectivity index (χ1n) is 4.86. The van der Waals surface area contributed by atoms with E-state index in [1.54, 1.807) is 12.3 Å². The van der Waals surface area contributed by atoms with Crippen molar-refractivity contribution in [2.45, 2.75) is 0 Å². The molecule has 16 heavy (non-hydrogen) atoms. The van der Waals surface area contributed by atoms with E-state index in [0.29, 0.717) is 16.4 Å². The highest BCUT2D eigenvalue weighted by Gasteiger charge is 2.09. The molecule has 0 radical (unpaired) electrons. The minimum Gasteiger partial charge on any atom is -0.382 e. The van der Waals surface area contributed by atoms with Gasteiger partial charge in [0.05, 0.1) is 10.5 Å². The van der Waals surface area contributed by atoms with E-state index < -0.39 is 0 Å². The molecule has 4 heteroatoms. The third-order valence-electron chi connectivity index (χ3n) is 2.56. The van der Waals surface area contributed by atoms with Gasteiger partial charge in [-0.25, -0.2) is 4.98 Å². The highest BCUT2D eigenvalue weighted by molar-refractivity contribution is 6.37. The first-order valence-corrected chi connectivity index (χ1v) is 5.23. The largest absolute Gasteiger partial charge is 0.382 e. The van der Waals surface area contributed by atoms with Crippen molar-refractivity contribution in [3.8, 4) is 0 Å². The van der Waals surface area contributed by atoms with E-state index in [1.165, 1.54) is 0 Å². The summed E-state index contributed by atoms with van der Waals surface area (Å²) in [7, 11) is 0. The summed E-state index contributed by atoms with van der Waals surface area (Å²) in [4.78, 5) is 8.52. The molecule has 2 heterocycles. The summed E-state index contributed by atoms with van der Waals surface area (Å²) in [6.07, 6.45) is 1.64. The Morgan fingerprint density at radius 3 is 2.81 bits per heavy atom. The van der Waals surface area contributed by atoms with Gasteiger partial charge in [-0.15, -0.1) is 0 Å². The van der Waals surface area contributed by atoms with Crippen molar-refractivity contribution in [1.29, 1.82) is 0 Å². The number of fused-ring (bicyclic) bond motifs is 3. The van der Waals surface area contributed by atoms with E-state index in [4.69, 9.17) is 17.3 Å². The molecule has 0 saturated heterocycles. The van der Waals surface area contributed by atoms with Gasteiger partial charge in [0.15, 0.2) is 5.82 Å². The van der Waals surface area contributed by atoms with Gasteiger partial charge >= 0.3 is 0 Å². The average Bonchev–Trinajstić information content (AvgIpc) is 2.30. The lowest BCUT2D eigenvalue weighted by molar-refractivity contribution is 1.36. The SMILES string of the molecule is Nc1nc2ccccc2c2c(Cl)ccnc12. The van der Waals surface area contributed by atoms with Crippen LogP contribution in [0.2, 0.25) is 5.02 Å². The van der Waals surface area contributed by atoms with Crippen LogP contribution in [0.4, 0.5) is 5.82 Å². The van der Waals surface area contributed by atoms with Gasteiger partial charge in [0.2, 0.25) is 0 Å². The fourth-order valence-electron chi connectivity index (χ4n) is 1.85. The molecule has 0 fully saturated rings. The highest BCUT2D eigenvalue weighted by atomic mass is 35.5. The summed E-state index contributed by atoms with van der Waals surface area (Å²) in [5.74, 6) is 0.413. The number of nitrogen functional groups attached to an aromatic ring is 1. The second-order valence-corrected chi connectivity index (χ2v) is 3.94. The topological polar surface area (TPSA) is 51.8 Å². The molecular weight excluding hydrogens is 222 g/mol. The van der Waals surface area contributed by atoms with Gasteiger partial charge in [-0.2, -0.15) is 0 Å². The Morgan fingerprint density at radius 2 is 1.94 bits per heavy atom. The zero-order valence-electron chi connectivity index (χ0n) is 8.31. The summed E-state index contributed by atoms with van der Waals surface area (Å²) in [6, 6.07) is 9.51. The molecule has 3 aromatic rings. The van der Waals surface area contributed by atoms with Gasteiger partial charge < -0.3 is 5.73 Å². The summed E-state index contributed by atoms with van der Waals surface area (Å²) >= 11 is 6.18. The Balaban J connectivity index is 2.67. The number of anilines is 1. The number of halogens is 1. The molecule has 0 spiro atoms. The lowest BCUT2D eigenvalue weighted by Gasteiger charge is -2.06. The van der Waals surface area contributed by atoms with Crippen LogP contribution in [-0.2, 0) is 0 Å². The maximum Gasteiger partial charge on any atom is 0.150 e. The molecule has 3 nitrogen and oxygen atoms in total. The van der Waals surface area contributed by atoms with Crippen LogP contribution in [-0.4, -0.2) is 9.97 Å². The maximum atomic E-state index is 6.18. The van der Waals surface area contributed by atoms with Crippen LogP contribution in [0.25, 0.3) is 21.8 Å². The lowest BCUT2D eigenvalue weighted by atomic mass is 10.1. The summed E-state index contributed by atoms with van der Waals surface area (Å²) in [5, 5.41) is 2.49. The van der Waals surface area contributed by atoms with E-state index in [2.05, 4.69) is 9.97 Å². The van der Waals surface area contributed by atoms with Gasteiger partial charge in [0.25, 0.3) is 0 Å². The summed E-state index contributed by atoms with van der Waals surface area (Å²) in [6.45, 7) is 0. The van der Waals surface area contributed by atoms with Crippen molar-refractivity contribution < 1.29 is 0 Å². The first-order chi connectivity index (χ1) is 7.77. The molecule has 0 amide bonds. The van der Waals surface area contributed by atoms with Crippen LogP contribution >= 0.6 is 11.6 Å². The molecule has 0 unspecified atom stereocenters. The summed E-state index contributed by atoms with van der Waals surface area (Å²) in [5.41, 5.74) is 7.35. The molecule has 0 bridgehead atoms. The Bertz CT molecular complexity index is 694. The lowest BCUT2D eigenvalue weighted by Crippen LogP contribution is -1.95. The molecular formula is C12H8ClN3. The second-order valence-electron chi connectivity index (χ2n) is 3.53. The standard InChI is InChI=1S/C12H8ClN3/c13-8-5-6-15-11-10(8)7-3-1-2-4-9(7)16-12(11)14/h1-6H,(H2,14,16). The third-order valence-corrected chi connectivity index (χ3v) is 2.87. The van der Waals surface area contributed by atoms with E-state index in [-0.39, 0.29) is 0 Å².